The normalized spacial score (nSPS) is 11.5. The standard InChI is InChI=1S/C31H29N3O4PS.C25H27N3O3PS.C19H23N3O2PS.6W/c1-33(2)21-20-23-12-18-26(19-13-23)38-39(40)34(3)32-22-24-14-16-25(17-15-24)35-31-36-29-10-6-4-8-27(29)28-9-5-7-11-30(28)37-31;1-27(2)18-17-21-9-15-25(16-10-21)31-32(33)28(3)26-19-22-11-13-24(14-12-22)30-20-29-23-7-5-4-6-8-23;1-21(2)14-13-16-5-11-19(12-6-16)24-25(26)22(3)20-15-17-7-9-18(23-4)10-8-17;;;;;;/h4-19,22,31H,1-2,20-21H2,3H3;4-16,19H,1-2,17-18,20H2,3H3;5-12,15H,1-2,13-14H2,3-4H3;;;;;;/q3*-1;;;;;;/b32-22+;26-19+;20-15+;;;;;;. The molecule has 30 heteroatoms. The minimum atomic E-state index is -1.37. The predicted octanol–water partition coefficient (Wildman–Crippen LogP) is 16.9. The van der Waals surface area contributed by atoms with Gasteiger partial charge in [-0.05, 0) is 186 Å². The van der Waals surface area contributed by atoms with Crippen LogP contribution in [0.15, 0.2) is 240 Å². The molecule has 1 heterocycles. The summed E-state index contributed by atoms with van der Waals surface area (Å²) in [6.07, 6.45) is 7.85. The smallest absolute Gasteiger partial charge is 0.540 e. The van der Waals surface area contributed by atoms with Crippen LogP contribution in [0.1, 0.15) is 33.4 Å². The molecule has 0 spiro atoms. The first-order chi connectivity index (χ1) is 47.9. The monoisotopic (exact) mass is 2540 g/mol. The topological polar surface area (TPSA) is 140 Å². The zero-order valence-electron chi connectivity index (χ0n) is 58.1. The van der Waals surface area contributed by atoms with Crippen molar-refractivity contribution in [2.24, 2.45) is 15.3 Å². The van der Waals surface area contributed by atoms with E-state index in [-0.39, 0.29) is 133 Å². The molecular formula is C75H79N9O9P3S3W6-3. The van der Waals surface area contributed by atoms with Crippen molar-refractivity contribution in [1.29, 1.82) is 0 Å². The number of hydrogen-bond acceptors (Lipinski definition) is 18. The van der Waals surface area contributed by atoms with E-state index in [9.17, 15) is 0 Å². The van der Waals surface area contributed by atoms with Crippen molar-refractivity contribution >= 4 is 75.3 Å². The second-order valence-corrected chi connectivity index (χ2v) is 28.3. The van der Waals surface area contributed by atoms with Crippen LogP contribution in [-0.4, -0.2) is 109 Å². The second kappa shape index (κ2) is 52.3. The third-order valence-electron chi connectivity index (χ3n) is 14.1. The van der Waals surface area contributed by atoms with Crippen molar-refractivity contribution in [3.8, 4) is 62.9 Å². The van der Waals surface area contributed by atoms with Gasteiger partial charge in [-0.3, -0.25) is 13.6 Å². The van der Waals surface area contributed by atoms with E-state index in [2.05, 4.69) is 57.6 Å². The maximum atomic E-state index is 6.05. The second-order valence-electron chi connectivity index (χ2n) is 21.8. The zero-order valence-corrected chi connectivity index (χ0v) is 80.8. The third-order valence-corrected chi connectivity index (χ3v) is 19.7. The SMILES string of the molecule is [CH2-]N([CH2-])CCc1ccc(O[P+](=S)N(C)/N=C/c2ccc(OC)cc2)cc1.[CH2-]N([CH2-])CCc1ccc(O[P+](=S)N(C)/N=C/c2ccc(OC3Oc4ccccc4-c4ccccc4O3)cc2)cc1.[CH2-]N([CH2-])CCc1ccc(O[P+](=S)N(C)/N=C/c2ccc(OCOc3ccccc3)cc2)cc1.[W].[W].[W].[W].[W].[W]. The van der Waals surface area contributed by atoms with Crippen molar-refractivity contribution in [3.63, 3.8) is 0 Å². The summed E-state index contributed by atoms with van der Waals surface area (Å²) in [6, 6.07) is 71.5. The van der Waals surface area contributed by atoms with Gasteiger partial charge in [0.15, 0.2) is 17.2 Å². The summed E-state index contributed by atoms with van der Waals surface area (Å²) in [5, 5.41) is 13.2. The van der Waals surface area contributed by atoms with E-state index in [4.69, 9.17) is 77.4 Å². The van der Waals surface area contributed by atoms with Gasteiger partial charge in [0.1, 0.15) is 34.5 Å². The number of hydrogen-bond donors (Lipinski definition) is 0. The Morgan fingerprint density at radius 2 is 0.657 bits per heavy atom. The molecule has 10 rings (SSSR count). The molecule has 9 aromatic carbocycles. The predicted molar refractivity (Wildman–Crippen MR) is 410 cm³/mol. The summed E-state index contributed by atoms with van der Waals surface area (Å²) in [7, 11) is 25.6. The average molecular weight is 2540 g/mol. The molecule has 0 aromatic heterocycles. The molecule has 0 fully saturated rings. The van der Waals surface area contributed by atoms with E-state index in [1.54, 1.807) is 68.9 Å². The number of benzene rings is 9. The van der Waals surface area contributed by atoms with Gasteiger partial charge in [-0.25, -0.2) is 0 Å². The molecule has 3 unspecified atom stereocenters. The molecule has 0 radical (unpaired) electrons. The molecule has 0 saturated heterocycles. The Hall–Kier alpha value is -4.84. The number of nitrogens with zero attached hydrogens (tertiary/aromatic N) is 9. The summed E-state index contributed by atoms with van der Waals surface area (Å²) >= 11 is 16.4. The van der Waals surface area contributed by atoms with Crippen LogP contribution in [0, 0.1) is 42.3 Å². The summed E-state index contributed by atoms with van der Waals surface area (Å²) in [4.78, 5) is 5.00. The molecule has 550 valence electrons. The number of rotatable bonds is 31. The Balaban J connectivity index is 0.000000532. The van der Waals surface area contributed by atoms with E-state index in [0.717, 1.165) is 89.7 Å². The largest absolute Gasteiger partial charge is 0.610 e. The van der Waals surface area contributed by atoms with Gasteiger partial charge < -0.3 is 85.4 Å². The van der Waals surface area contributed by atoms with Crippen LogP contribution in [0.4, 0.5) is 0 Å². The Kier molecular flexibility index (Phi) is 47.9. The van der Waals surface area contributed by atoms with E-state index >= 15 is 0 Å². The van der Waals surface area contributed by atoms with Gasteiger partial charge in [-0.15, -0.1) is 15.3 Å². The minimum Gasteiger partial charge on any atom is -0.610 e. The maximum Gasteiger partial charge on any atom is 0.540 e. The van der Waals surface area contributed by atoms with Gasteiger partial charge in [0.25, 0.3) is 0 Å². The van der Waals surface area contributed by atoms with E-state index < -0.39 is 27.7 Å². The van der Waals surface area contributed by atoms with Gasteiger partial charge >= 0.3 is 27.7 Å². The van der Waals surface area contributed by atoms with E-state index in [1.165, 1.54) is 16.7 Å². The van der Waals surface area contributed by atoms with E-state index in [0.29, 0.717) is 28.7 Å². The van der Waals surface area contributed by atoms with Gasteiger partial charge in [0.2, 0.25) is 42.2 Å². The van der Waals surface area contributed by atoms with Crippen molar-refractivity contribution in [2.45, 2.75) is 25.7 Å². The van der Waals surface area contributed by atoms with Gasteiger partial charge in [0.05, 0.1) is 46.9 Å². The third kappa shape index (κ3) is 35.2. The molecule has 0 amide bonds. The van der Waals surface area contributed by atoms with Crippen molar-refractivity contribution in [1.82, 2.24) is 29.0 Å². The van der Waals surface area contributed by atoms with Crippen LogP contribution >= 0.6 is 21.2 Å². The first kappa shape index (κ1) is 96.2. The molecule has 0 aliphatic carbocycles. The maximum absolute atomic E-state index is 6.05. The number of para-hydroxylation sites is 3. The first-order valence-electron chi connectivity index (χ1n) is 31.0. The number of methoxy groups -OCH3 is 1. The quantitative estimate of drug-likeness (QED) is 0.0134. The molecule has 0 saturated carbocycles. The Labute approximate surface area is 723 Å². The van der Waals surface area contributed by atoms with E-state index in [1.807, 2.05) is 232 Å². The fraction of sp³-hybridized carbons (Fsp3) is 0.160. The van der Waals surface area contributed by atoms with Gasteiger partial charge in [-0.2, -0.15) is 0 Å². The fourth-order valence-electron chi connectivity index (χ4n) is 8.67. The summed E-state index contributed by atoms with van der Waals surface area (Å²) in [5.41, 5.74) is 8.26. The van der Waals surface area contributed by atoms with Crippen molar-refractivity contribution < 1.29 is 168 Å². The van der Waals surface area contributed by atoms with Gasteiger partial charge in [-0.1, -0.05) is 125 Å². The number of fused-ring (bicyclic) bond motifs is 3. The summed E-state index contributed by atoms with van der Waals surface area (Å²) in [6.45, 7) is 1.58. The molecule has 18 nitrogen and oxygen atoms in total. The first-order valence-corrected chi connectivity index (χ1v) is 37.6. The molecule has 0 bridgehead atoms. The average Bonchev–Trinajstić information content (AvgIpc) is 1.68. The number of ether oxygens (including phenoxy) is 6. The molecule has 0 N–H and O–H groups in total. The Morgan fingerprint density at radius 3 is 0.981 bits per heavy atom. The molecule has 9 aromatic rings. The molecule has 1 aliphatic heterocycles. The summed E-state index contributed by atoms with van der Waals surface area (Å²) < 4.78 is 57.0. The number of hydrazone groups is 3. The van der Waals surface area contributed by atoms with Gasteiger partial charge in [0, 0.05) is 138 Å². The van der Waals surface area contributed by atoms with Crippen LogP contribution < -0.4 is 42.0 Å². The van der Waals surface area contributed by atoms with Crippen LogP contribution in [0.3, 0.4) is 0 Å². The minimum absolute atomic E-state index is 0. The molecule has 105 heavy (non-hydrogen) atoms. The van der Waals surface area contributed by atoms with Crippen LogP contribution in [0.5, 0.6) is 51.7 Å². The molecule has 3 atom stereocenters. The van der Waals surface area contributed by atoms with Crippen LogP contribution in [0.2, 0.25) is 0 Å². The Bertz CT molecular complexity index is 4040. The fourth-order valence-corrected chi connectivity index (χ4v) is 11.5. The molecular weight excluding hydrogens is 2460 g/mol. The zero-order chi connectivity index (χ0) is 70.3. The van der Waals surface area contributed by atoms with Crippen LogP contribution in [-0.2, 0) is 181 Å². The Morgan fingerprint density at radius 1 is 0.371 bits per heavy atom. The summed E-state index contributed by atoms with van der Waals surface area (Å²) in [5.74, 6) is 6.46. The molecule has 1 aliphatic rings. The van der Waals surface area contributed by atoms with Crippen molar-refractivity contribution in [2.75, 3.05) is 54.7 Å². The van der Waals surface area contributed by atoms with Crippen LogP contribution in [0.25, 0.3) is 11.1 Å². The van der Waals surface area contributed by atoms with Crippen molar-refractivity contribution in [3.05, 3.63) is 300 Å².